The molecular formula is C22H30LiO4P. The average molecular weight is 396 g/mol. The molecule has 0 spiro atoms. The van der Waals surface area contributed by atoms with Gasteiger partial charge in [-0.2, -0.15) is 0 Å². The van der Waals surface area contributed by atoms with Crippen LogP contribution in [-0.4, -0.2) is 26.4 Å². The van der Waals surface area contributed by atoms with E-state index in [0.29, 0.717) is 17.1 Å². The molecule has 0 saturated carbocycles. The van der Waals surface area contributed by atoms with Crippen LogP contribution in [0.2, 0.25) is 0 Å². The fourth-order valence-corrected chi connectivity index (χ4v) is 3.90. The standard InChI is InChI=1S/C22H29O4P.Li.H/c1-5-6-7-8-14-26-17-12-13-20(16(2)15-17)27-22(23)21-18(24-3)10-9-11-19(21)25-4;;/h9-13,15,27H,5-8,14H2,1-4H3;;/q;+1;-1. The van der Waals surface area contributed by atoms with Crippen LogP contribution >= 0.6 is 8.58 Å². The Kier molecular flexibility index (Phi) is 11.3. The number of methoxy groups -OCH3 is 2. The fraction of sp³-hybridized carbons (Fsp3) is 0.409. The van der Waals surface area contributed by atoms with Crippen molar-refractivity contribution >= 4 is 19.4 Å². The van der Waals surface area contributed by atoms with Gasteiger partial charge in [-0.15, -0.1) is 0 Å². The van der Waals surface area contributed by atoms with Crippen molar-refractivity contribution in [2.75, 3.05) is 20.8 Å². The second-order valence-electron chi connectivity index (χ2n) is 6.38. The van der Waals surface area contributed by atoms with Crippen LogP contribution in [0, 0.1) is 6.92 Å². The smallest absolute Gasteiger partial charge is 1.00 e. The van der Waals surface area contributed by atoms with E-state index in [1.54, 1.807) is 26.4 Å². The molecule has 148 valence electrons. The van der Waals surface area contributed by atoms with Crippen LogP contribution in [0.25, 0.3) is 0 Å². The van der Waals surface area contributed by atoms with Gasteiger partial charge >= 0.3 is 18.9 Å². The minimum Gasteiger partial charge on any atom is -1.00 e. The number of carbonyl (C=O) groups excluding carboxylic acids is 1. The molecule has 0 aliphatic heterocycles. The molecule has 0 saturated heterocycles. The zero-order chi connectivity index (χ0) is 19.6. The number of hydrogen-bond donors (Lipinski definition) is 0. The van der Waals surface area contributed by atoms with Gasteiger partial charge in [0.15, 0.2) is 5.52 Å². The minimum absolute atomic E-state index is 0. The summed E-state index contributed by atoms with van der Waals surface area (Å²) in [5.41, 5.74) is 1.55. The number of unbranched alkanes of at least 4 members (excludes halogenated alkanes) is 3. The van der Waals surface area contributed by atoms with E-state index in [1.807, 2.05) is 31.2 Å². The molecule has 1 unspecified atom stereocenters. The van der Waals surface area contributed by atoms with Gasteiger partial charge in [-0.1, -0.05) is 38.3 Å². The Hall–Kier alpha value is -1.46. The summed E-state index contributed by atoms with van der Waals surface area (Å²) in [6.45, 7) is 4.95. The van der Waals surface area contributed by atoms with Crippen LogP contribution in [0.5, 0.6) is 17.2 Å². The third-order valence-corrected chi connectivity index (χ3v) is 5.67. The first-order chi connectivity index (χ1) is 13.1. The minimum atomic E-state index is -0.00250. The number of ether oxygens (including phenoxy) is 3. The molecule has 0 bridgehead atoms. The Bertz CT molecular complexity index is 748. The first-order valence-electron chi connectivity index (χ1n) is 9.36. The molecule has 0 aromatic heterocycles. The third-order valence-electron chi connectivity index (χ3n) is 4.37. The largest absolute Gasteiger partial charge is 1.00 e. The Morgan fingerprint density at radius 1 is 1.04 bits per heavy atom. The van der Waals surface area contributed by atoms with Gasteiger partial charge in [0.1, 0.15) is 22.8 Å². The van der Waals surface area contributed by atoms with Crippen LogP contribution in [-0.2, 0) is 0 Å². The number of carbonyl (C=O) groups is 1. The molecule has 4 nitrogen and oxygen atoms in total. The Morgan fingerprint density at radius 2 is 1.71 bits per heavy atom. The molecule has 2 aromatic rings. The summed E-state index contributed by atoms with van der Waals surface area (Å²) in [7, 11) is 3.12. The van der Waals surface area contributed by atoms with Gasteiger partial charge in [0, 0.05) is 0 Å². The first kappa shape index (κ1) is 24.6. The maximum absolute atomic E-state index is 12.9. The van der Waals surface area contributed by atoms with Gasteiger partial charge in [0.25, 0.3) is 0 Å². The van der Waals surface area contributed by atoms with Gasteiger partial charge in [-0.3, -0.25) is 4.79 Å². The molecule has 0 aliphatic carbocycles. The van der Waals surface area contributed by atoms with Crippen molar-refractivity contribution in [2.24, 2.45) is 0 Å². The summed E-state index contributed by atoms with van der Waals surface area (Å²) in [5, 5.41) is 1.01. The monoisotopic (exact) mass is 396 g/mol. The number of benzene rings is 2. The second-order valence-corrected chi connectivity index (χ2v) is 7.62. The van der Waals surface area contributed by atoms with Crippen LogP contribution in [0.1, 0.15) is 50.0 Å². The van der Waals surface area contributed by atoms with Gasteiger partial charge < -0.3 is 15.6 Å². The average Bonchev–Trinajstić information content (AvgIpc) is 2.68. The van der Waals surface area contributed by atoms with Crippen LogP contribution in [0.4, 0.5) is 0 Å². The van der Waals surface area contributed by atoms with Crippen molar-refractivity contribution < 1.29 is 39.3 Å². The normalized spacial score (nSPS) is 10.6. The van der Waals surface area contributed by atoms with E-state index >= 15 is 0 Å². The topological polar surface area (TPSA) is 44.8 Å². The van der Waals surface area contributed by atoms with E-state index in [0.717, 1.165) is 29.6 Å². The van der Waals surface area contributed by atoms with Gasteiger partial charge in [0.05, 0.1) is 20.8 Å². The molecule has 0 amide bonds. The molecule has 1 atom stereocenters. The quantitative estimate of drug-likeness (QED) is 0.332. The summed E-state index contributed by atoms with van der Waals surface area (Å²) in [5.74, 6) is 1.94. The summed E-state index contributed by atoms with van der Waals surface area (Å²) in [6.07, 6.45) is 4.74. The summed E-state index contributed by atoms with van der Waals surface area (Å²) in [4.78, 5) is 12.9. The fourth-order valence-electron chi connectivity index (χ4n) is 2.84. The molecule has 2 aromatic carbocycles. The summed E-state index contributed by atoms with van der Waals surface area (Å²) >= 11 is 0. The van der Waals surface area contributed by atoms with Crippen molar-refractivity contribution in [3.8, 4) is 17.2 Å². The summed E-state index contributed by atoms with van der Waals surface area (Å²) < 4.78 is 16.5. The Balaban J connectivity index is 0.00000392. The van der Waals surface area contributed by atoms with Gasteiger partial charge in [0.2, 0.25) is 0 Å². The number of hydrogen-bond acceptors (Lipinski definition) is 4. The zero-order valence-corrected chi connectivity index (χ0v) is 18.6. The summed E-state index contributed by atoms with van der Waals surface area (Å²) in [6, 6.07) is 11.3. The SMILES string of the molecule is CCCCCCOc1ccc(PC(=O)c2c(OC)cccc2OC)c(C)c1.[H-].[Li+]. The van der Waals surface area contributed by atoms with Gasteiger partial charge in [-0.25, -0.2) is 0 Å². The molecule has 0 aliphatic rings. The van der Waals surface area contributed by atoms with E-state index in [1.165, 1.54) is 19.3 Å². The Labute approximate surface area is 183 Å². The Morgan fingerprint density at radius 3 is 2.29 bits per heavy atom. The van der Waals surface area contributed by atoms with E-state index in [2.05, 4.69) is 6.92 Å². The van der Waals surface area contributed by atoms with E-state index < -0.39 is 0 Å². The molecule has 2 rings (SSSR count). The first-order valence-corrected chi connectivity index (χ1v) is 10.4. The maximum atomic E-state index is 12.9. The van der Waals surface area contributed by atoms with Crippen LogP contribution < -0.4 is 38.4 Å². The van der Waals surface area contributed by atoms with Crippen LogP contribution in [0.3, 0.4) is 0 Å². The maximum Gasteiger partial charge on any atom is 1.00 e. The van der Waals surface area contributed by atoms with E-state index in [-0.39, 0.29) is 34.4 Å². The molecule has 0 heterocycles. The number of rotatable bonds is 11. The molecular weight excluding hydrogens is 366 g/mol. The van der Waals surface area contributed by atoms with Crippen LogP contribution in [0.15, 0.2) is 36.4 Å². The predicted octanol–water partition coefficient (Wildman–Crippen LogP) is 2.23. The van der Waals surface area contributed by atoms with Crippen molar-refractivity contribution in [2.45, 2.75) is 39.5 Å². The second kappa shape index (κ2) is 12.9. The number of aryl methyl sites for hydroxylation is 1. The van der Waals surface area contributed by atoms with Crippen molar-refractivity contribution in [1.29, 1.82) is 0 Å². The third kappa shape index (κ3) is 6.85. The molecule has 0 radical (unpaired) electrons. The predicted molar refractivity (Wildman–Crippen MR) is 114 cm³/mol. The van der Waals surface area contributed by atoms with Crippen molar-refractivity contribution in [3.63, 3.8) is 0 Å². The molecule has 0 N–H and O–H groups in total. The van der Waals surface area contributed by atoms with E-state index in [4.69, 9.17) is 14.2 Å². The van der Waals surface area contributed by atoms with Crippen molar-refractivity contribution in [1.82, 2.24) is 0 Å². The molecule has 0 fully saturated rings. The van der Waals surface area contributed by atoms with Crippen molar-refractivity contribution in [3.05, 3.63) is 47.5 Å². The molecule has 6 heteroatoms. The molecule has 28 heavy (non-hydrogen) atoms. The van der Waals surface area contributed by atoms with E-state index in [9.17, 15) is 4.79 Å². The zero-order valence-electron chi connectivity index (χ0n) is 18.6. The van der Waals surface area contributed by atoms with Gasteiger partial charge in [-0.05, 0) is 57.1 Å².